The van der Waals surface area contributed by atoms with Crippen LogP contribution in [0.3, 0.4) is 0 Å². The van der Waals surface area contributed by atoms with Crippen molar-refractivity contribution in [2.45, 2.75) is 4.90 Å². The molecule has 7 heteroatoms. The van der Waals surface area contributed by atoms with Crippen LogP contribution >= 0.6 is 0 Å². The van der Waals surface area contributed by atoms with Gasteiger partial charge in [-0.15, -0.1) is 0 Å². The van der Waals surface area contributed by atoms with E-state index in [-0.39, 0.29) is 10.7 Å². The molecule has 0 aromatic heterocycles. The fourth-order valence-electron chi connectivity index (χ4n) is 1.83. The molecule has 0 amide bonds. The molecule has 0 saturated carbocycles. The van der Waals surface area contributed by atoms with Crippen LogP contribution in [0.25, 0.3) is 0 Å². The molecule has 0 spiro atoms. The number of hydrogen-bond acceptors (Lipinski definition) is 5. The first kappa shape index (κ1) is 16.7. The van der Waals surface area contributed by atoms with Crippen molar-refractivity contribution in [1.29, 1.82) is 0 Å². The van der Waals surface area contributed by atoms with Crippen molar-refractivity contribution < 1.29 is 17.9 Å². The summed E-state index contributed by atoms with van der Waals surface area (Å²) in [5.41, 5.74) is 1.14. The Morgan fingerprint density at radius 3 is 2.48 bits per heavy atom. The summed E-state index contributed by atoms with van der Waals surface area (Å²) >= 11 is 0. The Morgan fingerprint density at radius 1 is 1.17 bits per heavy atom. The number of carbonyl (C=O) groups is 1. The van der Waals surface area contributed by atoms with Crippen molar-refractivity contribution >= 4 is 21.5 Å². The number of hydrogen-bond donors (Lipinski definition) is 2. The van der Waals surface area contributed by atoms with Crippen LogP contribution in [0.4, 0.5) is 5.69 Å². The molecule has 0 fully saturated rings. The molecule has 0 aliphatic rings. The lowest BCUT2D eigenvalue weighted by Gasteiger charge is -2.03. The van der Waals surface area contributed by atoms with Crippen LogP contribution in [0.1, 0.15) is 10.4 Å². The van der Waals surface area contributed by atoms with Gasteiger partial charge in [0, 0.05) is 23.5 Å². The second-order valence-electron chi connectivity index (χ2n) is 4.64. The summed E-state index contributed by atoms with van der Waals surface area (Å²) in [4.78, 5) is 12.0. The highest BCUT2D eigenvalue weighted by molar-refractivity contribution is 7.89. The number of ether oxygens (including phenoxy) is 1. The third kappa shape index (κ3) is 4.67. The van der Waals surface area contributed by atoms with Gasteiger partial charge in [-0.3, -0.25) is 4.79 Å². The van der Waals surface area contributed by atoms with E-state index in [1.54, 1.807) is 36.4 Å². The molecule has 0 atom stereocenters. The zero-order valence-corrected chi connectivity index (χ0v) is 13.2. The Balaban J connectivity index is 2.02. The highest BCUT2D eigenvalue weighted by Crippen LogP contribution is 2.14. The lowest BCUT2D eigenvalue weighted by Crippen LogP contribution is -2.11. The van der Waals surface area contributed by atoms with Crippen LogP contribution < -0.4 is 15.2 Å². The van der Waals surface area contributed by atoms with E-state index in [1.807, 2.05) is 0 Å². The smallest absolute Gasteiger partial charge is 0.238 e. The summed E-state index contributed by atoms with van der Waals surface area (Å²) < 4.78 is 27.4. The first-order chi connectivity index (χ1) is 10.9. The average molecular weight is 332 g/mol. The minimum Gasteiger partial charge on any atom is -0.497 e. The molecule has 0 radical (unpaired) electrons. The van der Waals surface area contributed by atoms with Crippen LogP contribution in [0.2, 0.25) is 0 Å². The average Bonchev–Trinajstić information content (AvgIpc) is 2.54. The zero-order chi connectivity index (χ0) is 16.9. The minimum absolute atomic E-state index is 0.0273. The topological polar surface area (TPSA) is 98.5 Å². The van der Waals surface area contributed by atoms with Gasteiger partial charge in [0.2, 0.25) is 10.0 Å². The highest BCUT2D eigenvalue weighted by Gasteiger charge is 2.06. The van der Waals surface area contributed by atoms with E-state index >= 15 is 0 Å². The molecule has 0 heterocycles. The molecule has 6 nitrogen and oxygen atoms in total. The maximum Gasteiger partial charge on any atom is 0.238 e. The van der Waals surface area contributed by atoms with E-state index in [1.165, 1.54) is 31.5 Å². The molecule has 120 valence electrons. The van der Waals surface area contributed by atoms with Gasteiger partial charge in [0.05, 0.1) is 12.0 Å². The Hall–Kier alpha value is -2.64. The van der Waals surface area contributed by atoms with Crippen molar-refractivity contribution in [2.75, 3.05) is 12.4 Å². The summed E-state index contributed by atoms with van der Waals surface area (Å²) in [6.07, 6.45) is 2.86. The molecule has 0 unspecified atom stereocenters. The van der Waals surface area contributed by atoms with Gasteiger partial charge < -0.3 is 10.1 Å². The van der Waals surface area contributed by atoms with Crippen LogP contribution in [0, 0.1) is 0 Å². The summed E-state index contributed by atoms with van der Waals surface area (Å²) in [5, 5.41) is 7.90. The van der Waals surface area contributed by atoms with Crippen LogP contribution in [-0.4, -0.2) is 21.3 Å². The number of methoxy groups -OCH3 is 1. The Bertz CT molecular complexity index is 827. The van der Waals surface area contributed by atoms with Crippen LogP contribution in [-0.2, 0) is 10.0 Å². The van der Waals surface area contributed by atoms with Crippen molar-refractivity contribution in [1.82, 2.24) is 0 Å². The monoisotopic (exact) mass is 332 g/mol. The number of carbonyl (C=O) groups excluding carboxylic acids is 1. The fraction of sp³-hybridized carbons (Fsp3) is 0.0625. The number of sulfonamides is 1. The number of rotatable bonds is 6. The summed E-state index contributed by atoms with van der Waals surface area (Å²) in [5.74, 6) is 0.424. The molecular formula is C16H16N2O4S. The van der Waals surface area contributed by atoms with Gasteiger partial charge in [0.25, 0.3) is 0 Å². The second kappa shape index (κ2) is 7.08. The van der Waals surface area contributed by atoms with Crippen molar-refractivity contribution in [3.63, 3.8) is 0 Å². The number of anilines is 1. The molecule has 3 N–H and O–H groups in total. The minimum atomic E-state index is -3.71. The lowest BCUT2D eigenvalue weighted by molar-refractivity contribution is 0.104. The number of ketones is 1. The second-order valence-corrected chi connectivity index (χ2v) is 6.20. The van der Waals surface area contributed by atoms with Crippen LogP contribution in [0.5, 0.6) is 5.75 Å². The normalized spacial score (nSPS) is 11.4. The van der Waals surface area contributed by atoms with Gasteiger partial charge in [0.15, 0.2) is 5.78 Å². The van der Waals surface area contributed by atoms with Gasteiger partial charge in [0.1, 0.15) is 5.75 Å². The van der Waals surface area contributed by atoms with E-state index in [2.05, 4.69) is 5.32 Å². The number of nitrogens with one attached hydrogen (secondary N) is 1. The molecule has 0 aliphatic carbocycles. The fourth-order valence-corrected chi connectivity index (χ4v) is 2.34. The first-order valence-electron chi connectivity index (χ1n) is 6.64. The quantitative estimate of drug-likeness (QED) is 0.624. The van der Waals surface area contributed by atoms with E-state index < -0.39 is 10.0 Å². The predicted octanol–water partition coefficient (Wildman–Crippen LogP) is 2.15. The van der Waals surface area contributed by atoms with E-state index in [0.29, 0.717) is 17.0 Å². The summed E-state index contributed by atoms with van der Waals surface area (Å²) in [7, 11) is -2.17. The SMILES string of the molecule is COc1cccc(C(=O)/C=C/Nc2ccc(S(N)(=O)=O)cc2)c1. The molecular weight excluding hydrogens is 316 g/mol. The third-order valence-corrected chi connectivity index (χ3v) is 3.95. The molecule has 0 saturated heterocycles. The molecule has 0 bridgehead atoms. The highest BCUT2D eigenvalue weighted by atomic mass is 32.2. The Kier molecular flexibility index (Phi) is 5.15. The van der Waals surface area contributed by atoms with Crippen molar-refractivity contribution in [3.8, 4) is 5.75 Å². The number of allylic oxidation sites excluding steroid dienone is 1. The van der Waals surface area contributed by atoms with Gasteiger partial charge >= 0.3 is 0 Å². The number of primary sulfonamides is 1. The van der Waals surface area contributed by atoms with E-state index in [4.69, 9.17) is 9.88 Å². The Morgan fingerprint density at radius 2 is 1.87 bits per heavy atom. The zero-order valence-electron chi connectivity index (χ0n) is 12.4. The van der Waals surface area contributed by atoms with Crippen LogP contribution in [0.15, 0.2) is 65.7 Å². The summed E-state index contributed by atoms with van der Waals surface area (Å²) in [6, 6.07) is 12.7. The molecule has 0 aliphatic heterocycles. The van der Waals surface area contributed by atoms with Gasteiger partial charge in [-0.25, -0.2) is 13.6 Å². The number of benzene rings is 2. The van der Waals surface area contributed by atoms with Gasteiger partial charge in [-0.1, -0.05) is 12.1 Å². The van der Waals surface area contributed by atoms with Gasteiger partial charge in [-0.2, -0.15) is 0 Å². The maximum atomic E-state index is 12.0. The molecule has 2 aromatic rings. The van der Waals surface area contributed by atoms with E-state index in [0.717, 1.165) is 0 Å². The number of nitrogens with two attached hydrogens (primary N) is 1. The predicted molar refractivity (Wildman–Crippen MR) is 87.9 cm³/mol. The van der Waals surface area contributed by atoms with Crippen molar-refractivity contribution in [2.24, 2.45) is 5.14 Å². The van der Waals surface area contributed by atoms with E-state index in [9.17, 15) is 13.2 Å². The third-order valence-electron chi connectivity index (χ3n) is 3.02. The lowest BCUT2D eigenvalue weighted by atomic mass is 10.1. The standard InChI is InChI=1S/C16H16N2O4S/c1-22-14-4-2-3-12(11-14)16(19)9-10-18-13-5-7-15(8-6-13)23(17,20)21/h2-11,18H,1H3,(H2,17,20,21)/b10-9+. The maximum absolute atomic E-state index is 12.0. The van der Waals surface area contributed by atoms with Gasteiger partial charge in [-0.05, 0) is 36.4 Å². The Labute approximate surface area is 134 Å². The van der Waals surface area contributed by atoms with Crippen molar-refractivity contribution in [3.05, 3.63) is 66.4 Å². The molecule has 2 aromatic carbocycles. The summed E-state index contributed by atoms with van der Waals surface area (Å²) in [6.45, 7) is 0. The first-order valence-corrected chi connectivity index (χ1v) is 8.19. The molecule has 2 rings (SSSR count). The largest absolute Gasteiger partial charge is 0.497 e. The molecule has 23 heavy (non-hydrogen) atoms.